The van der Waals surface area contributed by atoms with Crippen LogP contribution >= 0.6 is 11.3 Å². The van der Waals surface area contributed by atoms with Crippen molar-refractivity contribution in [2.45, 2.75) is 24.9 Å². The zero-order valence-electron chi connectivity index (χ0n) is 15.3. The fourth-order valence-corrected chi connectivity index (χ4v) is 4.07. The average Bonchev–Trinajstić information content (AvgIpc) is 3.28. The number of hydrogen-bond acceptors (Lipinski definition) is 5. The Hall–Kier alpha value is -2.81. The molecule has 4 heterocycles. The topological polar surface area (TPSA) is 59.0 Å². The second-order valence-electron chi connectivity index (χ2n) is 6.80. The summed E-state index contributed by atoms with van der Waals surface area (Å²) < 4.78 is 40.3. The predicted molar refractivity (Wildman–Crippen MR) is 102 cm³/mol. The van der Waals surface area contributed by atoms with Crippen molar-refractivity contribution < 1.29 is 18.0 Å². The van der Waals surface area contributed by atoms with Gasteiger partial charge < -0.3 is 4.90 Å². The van der Waals surface area contributed by atoms with Crippen molar-refractivity contribution in [3.63, 3.8) is 0 Å². The molecule has 4 rings (SSSR count). The highest BCUT2D eigenvalue weighted by molar-refractivity contribution is 7.13. The first kappa shape index (κ1) is 19.5. The van der Waals surface area contributed by atoms with Gasteiger partial charge in [-0.05, 0) is 42.5 Å². The van der Waals surface area contributed by atoms with E-state index in [-0.39, 0.29) is 29.9 Å². The van der Waals surface area contributed by atoms with E-state index in [1.54, 1.807) is 40.7 Å². The number of carbonyl (C=O) groups is 1. The smallest absolute Gasteiger partial charge is 0.338 e. The second-order valence-corrected chi connectivity index (χ2v) is 7.75. The molecule has 0 radical (unpaired) electrons. The maximum atomic E-state index is 13.4. The molecular weight excluding hydrogens is 401 g/mol. The molecule has 1 aliphatic rings. The Labute approximate surface area is 169 Å². The number of hydrogen-bond donors (Lipinski definition) is 0. The van der Waals surface area contributed by atoms with Crippen LogP contribution in [0.5, 0.6) is 0 Å². The minimum absolute atomic E-state index is 0.131. The monoisotopic (exact) mass is 418 g/mol. The summed E-state index contributed by atoms with van der Waals surface area (Å²) in [6.07, 6.45) is -0.198. The summed E-state index contributed by atoms with van der Waals surface area (Å²) in [4.78, 5) is 27.2. The van der Waals surface area contributed by atoms with E-state index in [0.29, 0.717) is 29.8 Å². The quantitative estimate of drug-likeness (QED) is 0.622. The Morgan fingerprint density at radius 1 is 1.21 bits per heavy atom. The number of piperidine rings is 1. The number of likely N-dealkylation sites (tertiary alicyclic amines) is 1. The van der Waals surface area contributed by atoms with E-state index in [2.05, 4.69) is 15.0 Å². The third kappa shape index (κ3) is 4.29. The zero-order chi connectivity index (χ0) is 20.4. The molecular formula is C20H17F3N4OS. The van der Waals surface area contributed by atoms with Crippen molar-refractivity contribution >= 4 is 17.2 Å². The van der Waals surface area contributed by atoms with E-state index in [4.69, 9.17) is 0 Å². The van der Waals surface area contributed by atoms with Crippen LogP contribution in [0, 0.1) is 0 Å². The van der Waals surface area contributed by atoms with Crippen molar-refractivity contribution in [2.24, 2.45) is 0 Å². The summed E-state index contributed by atoms with van der Waals surface area (Å²) in [5, 5.41) is 1.79. The fourth-order valence-electron chi connectivity index (χ4n) is 3.39. The van der Waals surface area contributed by atoms with Crippen molar-refractivity contribution in [3.8, 4) is 10.6 Å². The van der Waals surface area contributed by atoms with Gasteiger partial charge in [0.2, 0.25) is 0 Å². The number of rotatable bonds is 3. The molecule has 5 nitrogen and oxygen atoms in total. The van der Waals surface area contributed by atoms with Gasteiger partial charge in [0, 0.05) is 31.4 Å². The number of amides is 1. The van der Waals surface area contributed by atoms with Gasteiger partial charge in [-0.25, -0.2) is 9.97 Å². The van der Waals surface area contributed by atoms with E-state index < -0.39 is 11.9 Å². The van der Waals surface area contributed by atoms with Gasteiger partial charge in [-0.15, -0.1) is 11.3 Å². The van der Waals surface area contributed by atoms with Crippen molar-refractivity contribution in [3.05, 3.63) is 65.2 Å². The summed E-state index contributed by atoms with van der Waals surface area (Å²) in [6, 6.07) is 7.84. The molecule has 29 heavy (non-hydrogen) atoms. The third-order valence-corrected chi connectivity index (χ3v) is 5.68. The van der Waals surface area contributed by atoms with Gasteiger partial charge in [0.25, 0.3) is 5.91 Å². The number of carbonyl (C=O) groups excluding carboxylic acids is 1. The maximum Gasteiger partial charge on any atom is 0.433 e. The molecule has 1 atom stereocenters. The maximum absolute atomic E-state index is 13.4. The fraction of sp³-hybridized carbons (Fsp3) is 0.300. The van der Waals surface area contributed by atoms with E-state index in [1.165, 1.54) is 17.5 Å². The molecule has 0 spiro atoms. The molecule has 1 amide bonds. The van der Waals surface area contributed by atoms with Crippen LogP contribution in [0.3, 0.4) is 0 Å². The van der Waals surface area contributed by atoms with Gasteiger partial charge in [0.15, 0.2) is 0 Å². The Morgan fingerprint density at radius 2 is 2.07 bits per heavy atom. The summed E-state index contributed by atoms with van der Waals surface area (Å²) in [7, 11) is 0. The van der Waals surface area contributed by atoms with Crippen molar-refractivity contribution in [1.29, 1.82) is 0 Å². The number of thiophene rings is 1. The van der Waals surface area contributed by atoms with Crippen LogP contribution in [0.2, 0.25) is 0 Å². The first-order chi connectivity index (χ1) is 13.9. The van der Waals surface area contributed by atoms with Gasteiger partial charge in [0.05, 0.1) is 16.1 Å². The van der Waals surface area contributed by atoms with E-state index in [1.807, 2.05) is 0 Å². The summed E-state index contributed by atoms with van der Waals surface area (Å²) in [5.41, 5.74) is -0.243. The number of nitrogens with zero attached hydrogens (tertiary/aromatic N) is 4. The molecule has 1 fully saturated rings. The van der Waals surface area contributed by atoms with Crippen LogP contribution in [-0.2, 0) is 6.18 Å². The highest BCUT2D eigenvalue weighted by Crippen LogP contribution is 2.34. The predicted octanol–water partition coefficient (Wildman–Crippen LogP) is 4.64. The van der Waals surface area contributed by atoms with Crippen molar-refractivity contribution in [1.82, 2.24) is 19.9 Å². The Morgan fingerprint density at radius 3 is 2.76 bits per heavy atom. The zero-order valence-corrected chi connectivity index (χ0v) is 16.1. The van der Waals surface area contributed by atoms with Crippen LogP contribution in [0.25, 0.3) is 10.6 Å². The SMILES string of the molecule is O=C(c1cccnc1)N1CCCC(c2nc(-c3cccs3)cc(C(F)(F)F)n2)C1. The lowest BCUT2D eigenvalue weighted by atomic mass is 9.96. The van der Waals surface area contributed by atoms with E-state index in [0.717, 1.165) is 6.07 Å². The van der Waals surface area contributed by atoms with Gasteiger partial charge in [-0.2, -0.15) is 13.2 Å². The number of aromatic nitrogens is 3. The van der Waals surface area contributed by atoms with Crippen LogP contribution in [-0.4, -0.2) is 38.8 Å². The lowest BCUT2D eigenvalue weighted by molar-refractivity contribution is -0.141. The molecule has 3 aromatic rings. The van der Waals surface area contributed by atoms with Crippen LogP contribution < -0.4 is 0 Å². The molecule has 1 aliphatic heterocycles. The van der Waals surface area contributed by atoms with Crippen LogP contribution in [0.4, 0.5) is 13.2 Å². The number of halogens is 3. The molecule has 0 N–H and O–H groups in total. The van der Waals surface area contributed by atoms with Crippen LogP contribution in [0.1, 0.15) is 40.6 Å². The molecule has 3 aromatic heterocycles. The van der Waals surface area contributed by atoms with Gasteiger partial charge in [-0.1, -0.05) is 6.07 Å². The van der Waals surface area contributed by atoms with Gasteiger partial charge in [0.1, 0.15) is 11.5 Å². The molecule has 0 saturated carbocycles. The van der Waals surface area contributed by atoms with Crippen molar-refractivity contribution in [2.75, 3.05) is 13.1 Å². The van der Waals surface area contributed by atoms with Gasteiger partial charge >= 0.3 is 6.18 Å². The lowest BCUT2D eigenvalue weighted by Gasteiger charge is -2.32. The second kappa shape index (κ2) is 7.90. The summed E-state index contributed by atoms with van der Waals surface area (Å²) in [6.45, 7) is 0.819. The summed E-state index contributed by atoms with van der Waals surface area (Å²) in [5.74, 6) is -0.412. The number of alkyl halides is 3. The van der Waals surface area contributed by atoms with Gasteiger partial charge in [-0.3, -0.25) is 9.78 Å². The molecule has 0 aromatic carbocycles. The minimum atomic E-state index is -4.57. The normalized spacial score (nSPS) is 17.3. The van der Waals surface area contributed by atoms with E-state index in [9.17, 15) is 18.0 Å². The highest BCUT2D eigenvalue weighted by Gasteiger charge is 2.35. The van der Waals surface area contributed by atoms with Crippen LogP contribution in [0.15, 0.2) is 48.1 Å². The standard InChI is InChI=1S/C20H17F3N4OS/c21-20(22,23)17-10-15(16-6-3-9-29-16)25-18(26-17)14-5-2-8-27(12-14)19(28)13-4-1-7-24-11-13/h1,3-4,6-7,9-11,14H,2,5,8,12H2. The Balaban J connectivity index is 1.65. The minimum Gasteiger partial charge on any atom is -0.338 e. The molecule has 150 valence electrons. The lowest BCUT2D eigenvalue weighted by Crippen LogP contribution is -2.39. The molecule has 0 bridgehead atoms. The molecule has 1 unspecified atom stereocenters. The largest absolute Gasteiger partial charge is 0.433 e. The molecule has 1 saturated heterocycles. The Bertz CT molecular complexity index is 993. The Kier molecular flexibility index (Phi) is 5.31. The summed E-state index contributed by atoms with van der Waals surface area (Å²) >= 11 is 1.32. The molecule has 0 aliphatic carbocycles. The van der Waals surface area contributed by atoms with E-state index >= 15 is 0 Å². The number of pyridine rings is 1. The molecule has 9 heteroatoms. The highest BCUT2D eigenvalue weighted by atomic mass is 32.1. The first-order valence-corrected chi connectivity index (χ1v) is 9.99. The first-order valence-electron chi connectivity index (χ1n) is 9.11. The average molecular weight is 418 g/mol. The third-order valence-electron chi connectivity index (χ3n) is 4.79.